The second kappa shape index (κ2) is 8.75. The molecular weight excluding hydrogens is 332 g/mol. The zero-order valence-corrected chi connectivity index (χ0v) is 15.8. The first-order valence-corrected chi connectivity index (χ1v) is 10.5. The molecule has 1 aliphatic carbocycles. The Labute approximate surface area is 154 Å². The van der Waals surface area contributed by atoms with Crippen LogP contribution < -0.4 is 5.32 Å². The van der Waals surface area contributed by atoms with E-state index in [-0.39, 0.29) is 23.2 Å². The fourth-order valence-corrected chi connectivity index (χ4v) is 5.50. The van der Waals surface area contributed by atoms with Crippen LogP contribution in [-0.4, -0.2) is 40.4 Å². The molecule has 2 amide bonds. The number of hydrogen-bond acceptors (Lipinski definition) is 3. The molecule has 0 aromatic heterocycles. The van der Waals surface area contributed by atoms with Gasteiger partial charge in [-0.3, -0.25) is 9.59 Å². The molecule has 1 aromatic carbocycles. The molecule has 0 radical (unpaired) electrons. The van der Waals surface area contributed by atoms with Gasteiger partial charge in [0, 0.05) is 17.9 Å². The van der Waals surface area contributed by atoms with Crippen molar-refractivity contribution >= 4 is 23.6 Å². The number of amides is 2. The molecule has 1 saturated carbocycles. The largest absolute Gasteiger partial charge is 0.354 e. The van der Waals surface area contributed by atoms with Gasteiger partial charge in [-0.05, 0) is 37.3 Å². The lowest BCUT2D eigenvalue weighted by Crippen LogP contribution is -2.51. The van der Waals surface area contributed by atoms with E-state index in [2.05, 4.69) is 5.32 Å². The average Bonchev–Trinajstić information content (AvgIpc) is 3.12. The van der Waals surface area contributed by atoms with Crippen molar-refractivity contribution in [3.63, 3.8) is 0 Å². The van der Waals surface area contributed by atoms with Crippen molar-refractivity contribution in [1.82, 2.24) is 10.2 Å². The van der Waals surface area contributed by atoms with Crippen LogP contribution >= 0.6 is 11.8 Å². The summed E-state index contributed by atoms with van der Waals surface area (Å²) in [6.07, 6.45) is 7.01. The Morgan fingerprint density at radius 3 is 2.56 bits per heavy atom. The summed E-state index contributed by atoms with van der Waals surface area (Å²) < 4.78 is 0. The normalized spacial score (nSPS) is 24.3. The molecule has 5 heteroatoms. The van der Waals surface area contributed by atoms with Gasteiger partial charge in [-0.1, -0.05) is 44.4 Å². The molecule has 2 atom stereocenters. The van der Waals surface area contributed by atoms with Crippen LogP contribution in [0.15, 0.2) is 30.3 Å². The van der Waals surface area contributed by atoms with E-state index in [0.717, 1.165) is 6.42 Å². The Morgan fingerprint density at radius 2 is 1.88 bits per heavy atom. The number of hydrogen-bond donors (Lipinski definition) is 1. The summed E-state index contributed by atoms with van der Waals surface area (Å²) in [4.78, 5) is 27.8. The van der Waals surface area contributed by atoms with Crippen molar-refractivity contribution in [2.45, 2.75) is 56.9 Å². The molecule has 136 valence electrons. The lowest BCUT2D eigenvalue weighted by Gasteiger charge is -2.35. The molecule has 0 bridgehead atoms. The van der Waals surface area contributed by atoms with E-state index in [1.54, 1.807) is 11.8 Å². The van der Waals surface area contributed by atoms with Crippen LogP contribution in [0.5, 0.6) is 0 Å². The van der Waals surface area contributed by atoms with Crippen LogP contribution in [0.3, 0.4) is 0 Å². The van der Waals surface area contributed by atoms with Crippen LogP contribution in [0.1, 0.15) is 55.8 Å². The van der Waals surface area contributed by atoms with E-state index in [1.165, 1.54) is 32.1 Å². The number of thioether (sulfide) groups is 1. The molecule has 1 heterocycles. The van der Waals surface area contributed by atoms with Crippen LogP contribution in [0, 0.1) is 5.92 Å². The number of benzene rings is 1. The molecule has 25 heavy (non-hydrogen) atoms. The molecule has 1 saturated heterocycles. The minimum absolute atomic E-state index is 0.00202. The number of rotatable bonds is 5. The maximum atomic E-state index is 13.2. The second-order valence-electron chi connectivity index (χ2n) is 7.01. The van der Waals surface area contributed by atoms with Gasteiger partial charge in [0.2, 0.25) is 5.91 Å². The van der Waals surface area contributed by atoms with Crippen LogP contribution in [-0.2, 0) is 4.79 Å². The highest BCUT2D eigenvalue weighted by atomic mass is 32.2. The predicted molar refractivity (Wildman–Crippen MR) is 103 cm³/mol. The van der Waals surface area contributed by atoms with Crippen LogP contribution in [0.4, 0.5) is 0 Å². The maximum Gasteiger partial charge on any atom is 0.255 e. The highest BCUT2D eigenvalue weighted by Crippen LogP contribution is 2.41. The van der Waals surface area contributed by atoms with Gasteiger partial charge in [0.25, 0.3) is 5.91 Å². The smallest absolute Gasteiger partial charge is 0.255 e. The van der Waals surface area contributed by atoms with Gasteiger partial charge in [0.15, 0.2) is 0 Å². The standard InChI is InChI=1S/C20H28N2O2S/c1-2-13-21-18(23)17-14-25-20(16-11-7-4-8-12-16)22(17)19(24)15-9-5-3-6-10-15/h3,5-6,9-10,16-17,20H,2,4,7-8,11-14H2,1H3,(H,21,23)/t17-,20-/m0/s1. The third-order valence-corrected chi connectivity index (χ3v) is 6.66. The molecule has 1 aromatic rings. The van der Waals surface area contributed by atoms with Gasteiger partial charge in [0.1, 0.15) is 6.04 Å². The van der Waals surface area contributed by atoms with Crippen LogP contribution in [0.2, 0.25) is 0 Å². The lowest BCUT2D eigenvalue weighted by molar-refractivity contribution is -0.125. The third kappa shape index (κ3) is 4.20. The lowest BCUT2D eigenvalue weighted by atomic mass is 9.88. The van der Waals surface area contributed by atoms with Gasteiger partial charge in [-0.2, -0.15) is 0 Å². The Hall–Kier alpha value is -1.49. The third-order valence-electron chi connectivity index (χ3n) is 5.20. The van der Waals surface area contributed by atoms with E-state index in [1.807, 2.05) is 42.2 Å². The van der Waals surface area contributed by atoms with Crippen molar-refractivity contribution in [2.75, 3.05) is 12.3 Å². The number of nitrogens with one attached hydrogen (secondary N) is 1. The maximum absolute atomic E-state index is 13.2. The molecule has 4 nitrogen and oxygen atoms in total. The fraction of sp³-hybridized carbons (Fsp3) is 0.600. The zero-order chi connectivity index (χ0) is 17.6. The zero-order valence-electron chi connectivity index (χ0n) is 14.9. The van der Waals surface area contributed by atoms with Crippen molar-refractivity contribution in [3.8, 4) is 0 Å². The van der Waals surface area contributed by atoms with Crippen molar-refractivity contribution in [1.29, 1.82) is 0 Å². The summed E-state index contributed by atoms with van der Waals surface area (Å²) in [6, 6.07) is 9.04. The van der Waals surface area contributed by atoms with Crippen LogP contribution in [0.25, 0.3) is 0 Å². The molecule has 3 rings (SSSR count). The minimum Gasteiger partial charge on any atom is -0.354 e. The monoisotopic (exact) mass is 360 g/mol. The van der Waals surface area contributed by atoms with E-state index in [0.29, 0.717) is 23.8 Å². The first-order chi connectivity index (χ1) is 12.2. The summed E-state index contributed by atoms with van der Waals surface area (Å²) in [5.41, 5.74) is 0.680. The predicted octanol–water partition coefficient (Wildman–Crippen LogP) is 3.68. The Morgan fingerprint density at radius 1 is 1.16 bits per heavy atom. The van der Waals surface area contributed by atoms with Crippen molar-refractivity contribution < 1.29 is 9.59 Å². The van der Waals surface area contributed by atoms with E-state index >= 15 is 0 Å². The Kier molecular flexibility index (Phi) is 6.40. The average molecular weight is 361 g/mol. The first kappa shape index (κ1) is 18.3. The van der Waals surface area contributed by atoms with Gasteiger partial charge in [0.05, 0.1) is 5.37 Å². The summed E-state index contributed by atoms with van der Waals surface area (Å²) in [5.74, 6) is 1.21. The van der Waals surface area contributed by atoms with Gasteiger partial charge >= 0.3 is 0 Å². The molecule has 1 N–H and O–H groups in total. The summed E-state index contributed by atoms with van der Waals surface area (Å²) in [7, 11) is 0. The number of carbonyl (C=O) groups is 2. The molecule has 1 aliphatic heterocycles. The molecule has 0 spiro atoms. The Bertz CT molecular complexity index is 587. The van der Waals surface area contributed by atoms with Gasteiger partial charge < -0.3 is 10.2 Å². The second-order valence-corrected chi connectivity index (χ2v) is 8.16. The number of carbonyl (C=O) groups excluding carboxylic acids is 2. The van der Waals surface area contributed by atoms with Crippen molar-refractivity contribution in [2.24, 2.45) is 5.92 Å². The van der Waals surface area contributed by atoms with E-state index < -0.39 is 0 Å². The SMILES string of the molecule is CCCNC(=O)[C@@H]1CS[C@@H](C2CCCCC2)N1C(=O)c1ccccc1. The molecule has 2 fully saturated rings. The highest BCUT2D eigenvalue weighted by Gasteiger charge is 2.44. The fourth-order valence-electron chi connectivity index (χ4n) is 3.87. The summed E-state index contributed by atoms with van der Waals surface area (Å²) in [5, 5.41) is 3.12. The number of nitrogens with zero attached hydrogens (tertiary/aromatic N) is 1. The van der Waals surface area contributed by atoms with Gasteiger partial charge in [-0.15, -0.1) is 11.8 Å². The van der Waals surface area contributed by atoms with E-state index in [4.69, 9.17) is 0 Å². The first-order valence-electron chi connectivity index (χ1n) is 9.49. The Balaban J connectivity index is 1.83. The highest BCUT2D eigenvalue weighted by molar-refractivity contribution is 8.00. The van der Waals surface area contributed by atoms with Gasteiger partial charge in [-0.25, -0.2) is 0 Å². The quantitative estimate of drug-likeness (QED) is 0.871. The minimum atomic E-state index is -0.351. The summed E-state index contributed by atoms with van der Waals surface area (Å²) >= 11 is 1.79. The molecule has 2 aliphatic rings. The van der Waals surface area contributed by atoms with E-state index in [9.17, 15) is 9.59 Å². The molecular formula is C20H28N2O2S. The summed E-state index contributed by atoms with van der Waals surface area (Å²) in [6.45, 7) is 2.71. The topological polar surface area (TPSA) is 49.4 Å². The van der Waals surface area contributed by atoms with Crippen molar-refractivity contribution in [3.05, 3.63) is 35.9 Å². The molecule has 0 unspecified atom stereocenters.